The minimum atomic E-state index is -0.0714. The Balaban J connectivity index is 1.44. The zero-order chi connectivity index (χ0) is 22.1. The molecule has 3 heterocycles. The summed E-state index contributed by atoms with van der Waals surface area (Å²) in [5.41, 5.74) is 5.77. The topological polar surface area (TPSA) is 68.8 Å². The van der Waals surface area contributed by atoms with Gasteiger partial charge in [-0.2, -0.15) is 0 Å². The van der Waals surface area contributed by atoms with Crippen LogP contribution in [0.1, 0.15) is 22.6 Å². The molecule has 0 radical (unpaired) electrons. The normalized spacial score (nSPS) is 11.8. The zero-order valence-electron chi connectivity index (χ0n) is 17.6. The van der Waals surface area contributed by atoms with E-state index in [1.165, 1.54) is 0 Å². The van der Waals surface area contributed by atoms with Crippen molar-refractivity contribution < 1.29 is 5.11 Å². The maximum atomic E-state index is 9.60. The molecule has 0 atom stereocenters. The molecule has 160 valence electrons. The van der Waals surface area contributed by atoms with E-state index in [-0.39, 0.29) is 6.61 Å². The molecule has 0 bridgehead atoms. The Hall–Kier alpha value is -3.29. The lowest BCUT2D eigenvalue weighted by atomic mass is 10.1. The number of aromatic nitrogens is 5. The second-order valence-corrected chi connectivity index (χ2v) is 8.66. The predicted molar refractivity (Wildman–Crippen MR) is 130 cm³/mol. The number of pyridine rings is 1. The van der Waals surface area contributed by atoms with Crippen molar-refractivity contribution >= 4 is 43.8 Å². The van der Waals surface area contributed by atoms with E-state index in [1.54, 1.807) is 0 Å². The van der Waals surface area contributed by atoms with E-state index < -0.39 is 0 Å². The van der Waals surface area contributed by atoms with Crippen LogP contribution in [0.25, 0.3) is 27.9 Å². The van der Waals surface area contributed by atoms with Gasteiger partial charge in [-0.15, -0.1) is 5.10 Å². The maximum Gasteiger partial charge on any atom is 0.102 e. The lowest BCUT2D eigenvalue weighted by Gasteiger charge is -2.07. The molecule has 0 amide bonds. The molecular weight excluding hydrogens is 466 g/mol. The number of para-hydroxylation sites is 1. The first-order chi connectivity index (χ1) is 15.6. The maximum absolute atomic E-state index is 9.60. The number of hydrogen-bond donors (Lipinski definition) is 1. The van der Waals surface area contributed by atoms with Crippen molar-refractivity contribution in [3.8, 4) is 0 Å². The summed E-state index contributed by atoms with van der Waals surface area (Å²) in [6, 6.07) is 18.4. The largest absolute Gasteiger partial charge is 0.390 e. The molecule has 5 rings (SSSR count). The van der Waals surface area contributed by atoms with Gasteiger partial charge in [-0.05, 0) is 36.8 Å². The Morgan fingerprint density at radius 1 is 1.03 bits per heavy atom. The lowest BCUT2D eigenvalue weighted by molar-refractivity contribution is 0.277. The average Bonchev–Trinajstić information content (AvgIpc) is 3.37. The number of aliphatic hydroxyl groups is 1. The van der Waals surface area contributed by atoms with E-state index in [0.717, 1.165) is 43.2 Å². The van der Waals surface area contributed by atoms with Crippen LogP contribution in [0, 0.1) is 6.92 Å². The van der Waals surface area contributed by atoms with Crippen LogP contribution in [0.15, 0.2) is 71.3 Å². The number of rotatable bonds is 6. The molecule has 3 aromatic heterocycles. The van der Waals surface area contributed by atoms with Gasteiger partial charge in [0.15, 0.2) is 0 Å². The summed E-state index contributed by atoms with van der Waals surface area (Å²) in [6.07, 6.45) is 6.13. The highest BCUT2D eigenvalue weighted by atomic mass is 79.9. The van der Waals surface area contributed by atoms with Crippen molar-refractivity contribution in [2.75, 3.05) is 0 Å². The van der Waals surface area contributed by atoms with Gasteiger partial charge in [-0.3, -0.25) is 4.98 Å². The summed E-state index contributed by atoms with van der Waals surface area (Å²) >= 11 is 3.50. The van der Waals surface area contributed by atoms with Gasteiger partial charge in [-0.25, -0.2) is 4.68 Å². The van der Waals surface area contributed by atoms with E-state index in [1.807, 2.05) is 48.1 Å². The highest BCUT2D eigenvalue weighted by molar-refractivity contribution is 9.10. The minimum Gasteiger partial charge on any atom is -0.390 e. The second kappa shape index (κ2) is 8.68. The van der Waals surface area contributed by atoms with Crippen LogP contribution in [0.2, 0.25) is 0 Å². The number of nitrogens with zero attached hydrogens (tertiary/aromatic N) is 5. The molecule has 0 aliphatic heterocycles. The first-order valence-corrected chi connectivity index (χ1v) is 11.2. The van der Waals surface area contributed by atoms with Crippen LogP contribution < -0.4 is 0 Å². The van der Waals surface area contributed by atoms with Crippen LogP contribution in [-0.4, -0.2) is 29.7 Å². The van der Waals surface area contributed by atoms with Crippen LogP contribution in [0.4, 0.5) is 0 Å². The standard InChI is InChI=1S/C25H22BrN5O/c1-17-25-23(13-20(16-32)27-17)22-9-2-3-10-24(22)31(25)15-21-14-30(29-28-21)11-5-7-18-6-4-8-19(26)12-18/h2-10,12-14,32H,11,15-16H2,1H3/b7-5+. The van der Waals surface area contributed by atoms with E-state index in [9.17, 15) is 5.11 Å². The Morgan fingerprint density at radius 2 is 1.91 bits per heavy atom. The van der Waals surface area contributed by atoms with Crippen LogP contribution in [-0.2, 0) is 19.7 Å². The SMILES string of the molecule is Cc1nc(CO)cc2c3ccccc3n(Cc3cn(C/C=C/c4cccc(Br)c4)nn3)c12. The summed E-state index contributed by atoms with van der Waals surface area (Å²) in [5, 5.41) is 20.5. The number of benzene rings is 2. The summed E-state index contributed by atoms with van der Waals surface area (Å²) in [7, 11) is 0. The zero-order valence-corrected chi connectivity index (χ0v) is 19.2. The molecule has 0 spiro atoms. The first kappa shape index (κ1) is 20.6. The minimum absolute atomic E-state index is 0.0714. The van der Waals surface area contributed by atoms with Gasteiger partial charge in [0.2, 0.25) is 0 Å². The third-order valence-electron chi connectivity index (χ3n) is 5.49. The summed E-state index contributed by atoms with van der Waals surface area (Å²) in [5.74, 6) is 0. The van der Waals surface area contributed by atoms with Crippen LogP contribution in [0.5, 0.6) is 0 Å². The number of aliphatic hydroxyl groups excluding tert-OH is 1. The monoisotopic (exact) mass is 487 g/mol. The molecule has 32 heavy (non-hydrogen) atoms. The van der Waals surface area contributed by atoms with Gasteiger partial charge in [0.1, 0.15) is 5.69 Å². The molecule has 0 fully saturated rings. The highest BCUT2D eigenvalue weighted by Crippen LogP contribution is 2.31. The molecule has 0 saturated carbocycles. The molecule has 6 nitrogen and oxygen atoms in total. The van der Waals surface area contributed by atoms with E-state index >= 15 is 0 Å². The predicted octanol–water partition coefficient (Wildman–Crippen LogP) is 5.11. The second-order valence-electron chi connectivity index (χ2n) is 7.75. The van der Waals surface area contributed by atoms with Gasteiger partial charge >= 0.3 is 0 Å². The number of allylic oxidation sites excluding steroid dienone is 1. The van der Waals surface area contributed by atoms with E-state index in [4.69, 9.17) is 0 Å². The van der Waals surface area contributed by atoms with E-state index in [2.05, 4.69) is 72.2 Å². The molecule has 0 unspecified atom stereocenters. The van der Waals surface area contributed by atoms with Crippen molar-refractivity contribution in [3.63, 3.8) is 0 Å². The molecule has 0 saturated heterocycles. The molecule has 7 heteroatoms. The lowest BCUT2D eigenvalue weighted by Crippen LogP contribution is -2.02. The summed E-state index contributed by atoms with van der Waals surface area (Å²) < 4.78 is 5.14. The van der Waals surface area contributed by atoms with Gasteiger partial charge in [0, 0.05) is 20.8 Å². The number of fused-ring (bicyclic) bond motifs is 3. The van der Waals surface area contributed by atoms with Gasteiger partial charge in [-0.1, -0.05) is 63.6 Å². The number of aryl methyl sites for hydroxylation is 1. The Bertz CT molecular complexity index is 1450. The Morgan fingerprint density at radius 3 is 2.75 bits per heavy atom. The number of halogens is 1. The van der Waals surface area contributed by atoms with Crippen molar-refractivity contribution in [3.05, 3.63) is 94.0 Å². The van der Waals surface area contributed by atoms with Crippen molar-refractivity contribution in [2.24, 2.45) is 0 Å². The fourth-order valence-electron chi connectivity index (χ4n) is 4.15. The quantitative estimate of drug-likeness (QED) is 0.361. The van der Waals surface area contributed by atoms with Gasteiger partial charge in [0.05, 0.1) is 42.8 Å². The molecule has 2 aromatic carbocycles. The van der Waals surface area contributed by atoms with Crippen molar-refractivity contribution in [1.29, 1.82) is 0 Å². The fourth-order valence-corrected chi connectivity index (χ4v) is 4.57. The third kappa shape index (κ3) is 3.97. The Kier molecular flexibility index (Phi) is 5.59. The molecule has 0 aliphatic rings. The summed E-state index contributed by atoms with van der Waals surface area (Å²) in [4.78, 5) is 4.57. The molecule has 1 N–H and O–H groups in total. The van der Waals surface area contributed by atoms with Crippen molar-refractivity contribution in [2.45, 2.75) is 26.6 Å². The van der Waals surface area contributed by atoms with E-state index in [0.29, 0.717) is 18.8 Å². The highest BCUT2D eigenvalue weighted by Gasteiger charge is 2.15. The average molecular weight is 488 g/mol. The van der Waals surface area contributed by atoms with Gasteiger partial charge in [0.25, 0.3) is 0 Å². The van der Waals surface area contributed by atoms with Crippen LogP contribution >= 0.6 is 15.9 Å². The Labute approximate surface area is 194 Å². The smallest absolute Gasteiger partial charge is 0.102 e. The fraction of sp³-hybridized carbons (Fsp3) is 0.160. The van der Waals surface area contributed by atoms with Crippen LogP contribution in [0.3, 0.4) is 0 Å². The summed E-state index contributed by atoms with van der Waals surface area (Å²) in [6.45, 7) is 3.16. The number of hydrogen-bond acceptors (Lipinski definition) is 4. The molecule has 5 aromatic rings. The molecular formula is C25H22BrN5O. The molecule has 0 aliphatic carbocycles. The first-order valence-electron chi connectivity index (χ1n) is 10.4. The van der Waals surface area contributed by atoms with Gasteiger partial charge < -0.3 is 9.67 Å². The third-order valence-corrected chi connectivity index (χ3v) is 5.99. The van der Waals surface area contributed by atoms with Crippen molar-refractivity contribution in [1.82, 2.24) is 24.5 Å².